The third-order valence-electron chi connectivity index (χ3n) is 5.27. The first-order chi connectivity index (χ1) is 11.6. The molecule has 132 valence electrons. The summed E-state index contributed by atoms with van der Waals surface area (Å²) in [5, 5.41) is 0.661. The molecule has 3 aliphatic rings. The van der Waals surface area contributed by atoms with Crippen molar-refractivity contribution in [3.8, 4) is 0 Å². The summed E-state index contributed by atoms with van der Waals surface area (Å²) >= 11 is 6.07. The highest BCUT2D eigenvalue weighted by molar-refractivity contribution is 6.31. The van der Waals surface area contributed by atoms with Gasteiger partial charge in [-0.1, -0.05) is 31.5 Å². The second kappa shape index (κ2) is 7.03. The number of nitrogens with zero attached hydrogens (tertiary/aromatic N) is 1. The number of hydrogen-bond donors (Lipinski definition) is 0. The van der Waals surface area contributed by atoms with Crippen LogP contribution in [-0.2, 0) is 14.3 Å². The van der Waals surface area contributed by atoms with Crippen LogP contribution < -0.4 is 4.90 Å². The molecular formula is C19H26ClNO3. The van der Waals surface area contributed by atoms with Gasteiger partial charge in [-0.25, -0.2) is 0 Å². The fourth-order valence-corrected chi connectivity index (χ4v) is 4.42. The lowest BCUT2D eigenvalue weighted by molar-refractivity contribution is -0.201. The van der Waals surface area contributed by atoms with Crippen molar-refractivity contribution in [3.05, 3.63) is 29.3 Å². The van der Waals surface area contributed by atoms with Crippen LogP contribution in [0.25, 0.3) is 0 Å². The van der Waals surface area contributed by atoms with Crippen LogP contribution in [0.1, 0.15) is 46.0 Å². The molecular weight excluding hydrogens is 326 g/mol. The van der Waals surface area contributed by atoms with Gasteiger partial charge < -0.3 is 14.4 Å². The van der Waals surface area contributed by atoms with Crippen LogP contribution >= 0.6 is 11.6 Å². The Balaban J connectivity index is 0.000000815. The summed E-state index contributed by atoms with van der Waals surface area (Å²) < 4.78 is 11.7. The van der Waals surface area contributed by atoms with Gasteiger partial charge >= 0.3 is 0 Å². The Labute approximate surface area is 149 Å². The molecule has 1 saturated carbocycles. The van der Waals surface area contributed by atoms with E-state index in [1.54, 1.807) is 0 Å². The van der Waals surface area contributed by atoms with E-state index in [0.29, 0.717) is 24.7 Å². The van der Waals surface area contributed by atoms with Crippen LogP contribution in [0, 0.1) is 5.41 Å². The lowest BCUT2D eigenvalue weighted by Crippen LogP contribution is -2.46. The molecule has 1 aromatic rings. The highest BCUT2D eigenvalue weighted by Gasteiger charge is 2.55. The Hall–Kier alpha value is -1.10. The molecule has 1 aliphatic carbocycles. The molecule has 2 heterocycles. The third-order valence-corrected chi connectivity index (χ3v) is 5.50. The Kier molecular flexibility index (Phi) is 5.19. The van der Waals surface area contributed by atoms with E-state index in [0.717, 1.165) is 37.9 Å². The van der Waals surface area contributed by atoms with Crippen LogP contribution in [0.4, 0.5) is 5.69 Å². The van der Waals surface area contributed by atoms with Crippen molar-refractivity contribution in [2.75, 3.05) is 24.7 Å². The maximum absolute atomic E-state index is 13.1. The second-order valence-corrected chi connectivity index (χ2v) is 7.04. The average molecular weight is 352 g/mol. The Morgan fingerprint density at radius 3 is 2.58 bits per heavy atom. The Bertz CT molecular complexity index is 600. The second-order valence-electron chi connectivity index (χ2n) is 6.60. The summed E-state index contributed by atoms with van der Waals surface area (Å²) in [5.41, 5.74) is 0.563. The van der Waals surface area contributed by atoms with Gasteiger partial charge in [0.1, 0.15) is 0 Å². The predicted octanol–water partition coefficient (Wildman–Crippen LogP) is 4.41. The summed E-state index contributed by atoms with van der Waals surface area (Å²) in [4.78, 5) is 15.0. The largest absolute Gasteiger partial charge is 0.347 e. The van der Waals surface area contributed by atoms with E-state index in [-0.39, 0.29) is 11.3 Å². The molecule has 1 atom stereocenters. The molecule has 1 aromatic carbocycles. The van der Waals surface area contributed by atoms with Crippen molar-refractivity contribution in [2.45, 2.75) is 51.7 Å². The van der Waals surface area contributed by atoms with Crippen molar-refractivity contribution in [3.63, 3.8) is 0 Å². The van der Waals surface area contributed by atoms with Gasteiger partial charge in [0, 0.05) is 30.1 Å². The number of carbonyl (C=O) groups excluding carboxylic acids is 1. The Morgan fingerprint density at radius 1 is 1.12 bits per heavy atom. The zero-order valence-electron chi connectivity index (χ0n) is 14.5. The van der Waals surface area contributed by atoms with Crippen LogP contribution in [0.15, 0.2) is 24.3 Å². The minimum Gasteiger partial charge on any atom is -0.347 e. The summed E-state index contributed by atoms with van der Waals surface area (Å²) in [6.07, 6.45) is 4.37. The summed E-state index contributed by atoms with van der Waals surface area (Å²) in [7, 11) is 0. The number of carbonyl (C=O) groups is 1. The quantitative estimate of drug-likeness (QED) is 0.752. The molecule has 0 aromatic heterocycles. The van der Waals surface area contributed by atoms with E-state index in [1.807, 2.05) is 43.0 Å². The number of rotatable bonds is 1. The molecule has 4 nitrogen and oxygen atoms in total. The van der Waals surface area contributed by atoms with Crippen LogP contribution in [0.3, 0.4) is 0 Å². The van der Waals surface area contributed by atoms with Gasteiger partial charge in [-0.3, -0.25) is 4.79 Å². The van der Waals surface area contributed by atoms with Crippen molar-refractivity contribution in [2.24, 2.45) is 5.41 Å². The summed E-state index contributed by atoms with van der Waals surface area (Å²) in [6, 6.07) is 7.53. The van der Waals surface area contributed by atoms with Gasteiger partial charge in [-0.2, -0.15) is 0 Å². The first-order valence-corrected chi connectivity index (χ1v) is 9.36. The normalized spacial score (nSPS) is 28.3. The van der Waals surface area contributed by atoms with Gasteiger partial charge in [0.05, 0.1) is 18.6 Å². The Morgan fingerprint density at radius 2 is 1.88 bits per heavy atom. The molecule has 5 heteroatoms. The maximum Gasteiger partial charge on any atom is 0.233 e. The molecule has 4 rings (SSSR count). The number of hydrogen-bond acceptors (Lipinski definition) is 3. The zero-order valence-corrected chi connectivity index (χ0v) is 15.3. The molecule has 2 saturated heterocycles. The molecule has 2 spiro atoms. The van der Waals surface area contributed by atoms with E-state index in [1.165, 1.54) is 0 Å². The van der Waals surface area contributed by atoms with Gasteiger partial charge in [0.25, 0.3) is 0 Å². The van der Waals surface area contributed by atoms with E-state index < -0.39 is 5.79 Å². The molecule has 24 heavy (non-hydrogen) atoms. The highest BCUT2D eigenvalue weighted by atomic mass is 35.5. The number of amides is 1. The number of ether oxygens (including phenoxy) is 2. The highest BCUT2D eigenvalue weighted by Crippen LogP contribution is 2.51. The van der Waals surface area contributed by atoms with Crippen LogP contribution in [0.5, 0.6) is 0 Å². The van der Waals surface area contributed by atoms with E-state index in [9.17, 15) is 4.79 Å². The fourth-order valence-electron chi connectivity index (χ4n) is 4.24. The molecule has 1 unspecified atom stereocenters. The summed E-state index contributed by atoms with van der Waals surface area (Å²) in [6.45, 7) is 6.03. The molecule has 0 bridgehead atoms. The van der Waals surface area contributed by atoms with Crippen molar-refractivity contribution < 1.29 is 14.3 Å². The first kappa shape index (κ1) is 17.7. The predicted molar refractivity (Wildman–Crippen MR) is 95.3 cm³/mol. The fraction of sp³-hybridized carbons (Fsp3) is 0.632. The van der Waals surface area contributed by atoms with E-state index in [4.69, 9.17) is 21.1 Å². The standard InChI is InChI=1S/C17H20ClNO3.C2H6/c18-13-3-1-4-14(11-13)19-8-7-16(15(19)20)5-2-6-17(12-16)21-9-10-22-17;1-2/h1,3-4,11H,2,5-10,12H2;1-2H3. The summed E-state index contributed by atoms with van der Waals surface area (Å²) in [5.74, 6) is -0.314. The minimum atomic E-state index is -0.516. The smallest absolute Gasteiger partial charge is 0.233 e. The first-order valence-electron chi connectivity index (χ1n) is 8.98. The topological polar surface area (TPSA) is 38.8 Å². The molecule has 3 fully saturated rings. The average Bonchev–Trinajstić information content (AvgIpc) is 3.16. The van der Waals surface area contributed by atoms with Gasteiger partial charge in [-0.05, 0) is 37.5 Å². The maximum atomic E-state index is 13.1. The van der Waals surface area contributed by atoms with Crippen molar-refractivity contribution in [1.29, 1.82) is 0 Å². The SMILES string of the molecule is CC.O=C1N(c2cccc(Cl)c2)CCC12CCCC1(C2)OCCO1. The molecule has 0 N–H and O–H groups in total. The van der Waals surface area contributed by atoms with Crippen molar-refractivity contribution in [1.82, 2.24) is 0 Å². The van der Waals surface area contributed by atoms with E-state index >= 15 is 0 Å². The lowest BCUT2D eigenvalue weighted by atomic mass is 9.70. The third kappa shape index (κ3) is 3.07. The van der Waals surface area contributed by atoms with Gasteiger partial charge in [-0.15, -0.1) is 0 Å². The van der Waals surface area contributed by atoms with Crippen LogP contribution in [-0.4, -0.2) is 31.5 Å². The van der Waals surface area contributed by atoms with Crippen molar-refractivity contribution >= 4 is 23.2 Å². The molecule has 0 radical (unpaired) electrons. The lowest BCUT2D eigenvalue weighted by Gasteiger charge is -2.41. The van der Waals surface area contributed by atoms with Crippen LogP contribution in [0.2, 0.25) is 5.02 Å². The minimum absolute atomic E-state index is 0.202. The van der Waals surface area contributed by atoms with Gasteiger partial charge in [0.15, 0.2) is 5.79 Å². The number of benzene rings is 1. The molecule has 1 amide bonds. The zero-order chi connectivity index (χ0) is 17.2. The molecule has 2 aliphatic heterocycles. The monoisotopic (exact) mass is 351 g/mol. The van der Waals surface area contributed by atoms with E-state index in [2.05, 4.69) is 0 Å². The van der Waals surface area contributed by atoms with Gasteiger partial charge in [0.2, 0.25) is 5.91 Å². The number of anilines is 1. The number of halogens is 1.